The maximum Gasteiger partial charge on any atom is 0.248 e. The molecule has 92 valence electrons. The van der Waals surface area contributed by atoms with Crippen LogP contribution < -0.4 is 5.32 Å². The van der Waals surface area contributed by atoms with Gasteiger partial charge in [0.05, 0.1) is 6.10 Å². The lowest BCUT2D eigenvalue weighted by molar-refractivity contribution is -0.146. The Kier molecular flexibility index (Phi) is 4.15. The molecule has 2 saturated heterocycles. The van der Waals surface area contributed by atoms with Gasteiger partial charge in [0.25, 0.3) is 0 Å². The number of hydrogen-bond donors (Lipinski definition) is 1. The number of ether oxygens (including phenoxy) is 2. The molecule has 2 aliphatic heterocycles. The monoisotopic (exact) mass is 228 g/mol. The molecule has 2 heterocycles. The van der Waals surface area contributed by atoms with Gasteiger partial charge in [-0.25, -0.2) is 0 Å². The molecular formula is C11H20N2O3. The molecule has 0 saturated carbocycles. The van der Waals surface area contributed by atoms with Gasteiger partial charge in [-0.15, -0.1) is 0 Å². The van der Waals surface area contributed by atoms with Crippen molar-refractivity contribution < 1.29 is 14.3 Å². The third-order valence-electron chi connectivity index (χ3n) is 3.20. The predicted octanol–water partition coefficient (Wildman–Crippen LogP) is -0.388. The van der Waals surface area contributed by atoms with Crippen LogP contribution in [0, 0.1) is 0 Å². The summed E-state index contributed by atoms with van der Waals surface area (Å²) in [5, 5.41) is 3.48. The Morgan fingerprint density at radius 3 is 2.88 bits per heavy atom. The summed E-state index contributed by atoms with van der Waals surface area (Å²) in [4.78, 5) is 12.9. The van der Waals surface area contributed by atoms with E-state index < -0.39 is 0 Å². The summed E-state index contributed by atoms with van der Waals surface area (Å²) >= 11 is 0. The van der Waals surface area contributed by atoms with E-state index in [2.05, 4.69) is 5.32 Å². The highest BCUT2D eigenvalue weighted by Gasteiger charge is 2.24. The van der Waals surface area contributed by atoms with Gasteiger partial charge in [0.2, 0.25) is 5.91 Å². The Hall–Kier alpha value is -0.650. The maximum absolute atomic E-state index is 11.2. The zero-order valence-electron chi connectivity index (χ0n) is 9.78. The lowest BCUT2D eigenvalue weighted by atomic mass is 10.1. The van der Waals surface area contributed by atoms with Crippen LogP contribution in [0.4, 0.5) is 0 Å². The minimum atomic E-state index is 0.0716. The maximum atomic E-state index is 11.2. The first-order chi connectivity index (χ1) is 7.75. The number of nitrogens with one attached hydrogen (secondary N) is 1. The van der Waals surface area contributed by atoms with E-state index >= 15 is 0 Å². The number of likely N-dealkylation sites (N-methyl/N-ethyl adjacent to an activating group) is 1. The average Bonchev–Trinajstić information content (AvgIpc) is 2.32. The van der Waals surface area contributed by atoms with Crippen LogP contribution in [0.3, 0.4) is 0 Å². The number of amides is 1. The first-order valence-corrected chi connectivity index (χ1v) is 5.92. The van der Waals surface area contributed by atoms with Gasteiger partial charge in [0.15, 0.2) is 0 Å². The van der Waals surface area contributed by atoms with Gasteiger partial charge < -0.3 is 19.7 Å². The standard InChI is InChI=1S/C11H20N2O3/c1-13-7-10(16-8-11(13)14)6-12-9-2-4-15-5-3-9/h9-10,12H,2-8H2,1H3. The number of hydrogen-bond acceptors (Lipinski definition) is 4. The third-order valence-corrected chi connectivity index (χ3v) is 3.20. The summed E-state index contributed by atoms with van der Waals surface area (Å²) in [6.45, 7) is 3.43. The highest BCUT2D eigenvalue weighted by Crippen LogP contribution is 2.08. The van der Waals surface area contributed by atoms with E-state index in [-0.39, 0.29) is 18.6 Å². The SMILES string of the molecule is CN1CC(CNC2CCOCC2)OCC1=O. The number of nitrogens with zero attached hydrogens (tertiary/aromatic N) is 1. The molecule has 0 spiro atoms. The van der Waals surface area contributed by atoms with E-state index in [9.17, 15) is 4.79 Å². The second-order valence-electron chi connectivity index (χ2n) is 4.50. The smallest absolute Gasteiger partial charge is 0.248 e. The van der Waals surface area contributed by atoms with E-state index in [1.165, 1.54) is 0 Å². The fourth-order valence-corrected chi connectivity index (χ4v) is 2.08. The Morgan fingerprint density at radius 1 is 1.44 bits per heavy atom. The van der Waals surface area contributed by atoms with Crippen molar-refractivity contribution in [2.45, 2.75) is 25.0 Å². The summed E-state index contributed by atoms with van der Waals surface area (Å²) in [5.41, 5.74) is 0. The van der Waals surface area contributed by atoms with Gasteiger partial charge in [-0.2, -0.15) is 0 Å². The van der Waals surface area contributed by atoms with Gasteiger partial charge in [0.1, 0.15) is 6.61 Å². The molecule has 16 heavy (non-hydrogen) atoms. The van der Waals surface area contributed by atoms with E-state index in [4.69, 9.17) is 9.47 Å². The molecule has 1 atom stereocenters. The number of carbonyl (C=O) groups excluding carboxylic acids is 1. The van der Waals surface area contributed by atoms with Crippen molar-refractivity contribution in [3.05, 3.63) is 0 Å². The van der Waals surface area contributed by atoms with Crippen molar-refractivity contribution in [2.75, 3.05) is 40.0 Å². The van der Waals surface area contributed by atoms with Crippen molar-refractivity contribution in [2.24, 2.45) is 0 Å². The van der Waals surface area contributed by atoms with E-state index in [0.717, 1.165) is 32.6 Å². The van der Waals surface area contributed by atoms with E-state index in [1.807, 2.05) is 7.05 Å². The van der Waals surface area contributed by atoms with Crippen LogP contribution in [0.1, 0.15) is 12.8 Å². The summed E-state index contributed by atoms with van der Waals surface area (Å²) in [6, 6.07) is 0.542. The number of morpholine rings is 1. The largest absolute Gasteiger partial charge is 0.381 e. The Balaban J connectivity index is 1.67. The Labute approximate surface area is 96.1 Å². The van der Waals surface area contributed by atoms with Gasteiger partial charge >= 0.3 is 0 Å². The number of rotatable bonds is 3. The second kappa shape index (κ2) is 5.61. The predicted molar refractivity (Wildman–Crippen MR) is 59.2 cm³/mol. The quantitative estimate of drug-likeness (QED) is 0.715. The zero-order valence-corrected chi connectivity index (χ0v) is 9.78. The molecule has 1 unspecified atom stereocenters. The summed E-state index contributed by atoms with van der Waals surface area (Å²) in [6.07, 6.45) is 2.27. The molecule has 0 bridgehead atoms. The van der Waals surface area contributed by atoms with Crippen LogP contribution in [0.5, 0.6) is 0 Å². The lowest BCUT2D eigenvalue weighted by Gasteiger charge is -2.32. The summed E-state index contributed by atoms with van der Waals surface area (Å²) in [7, 11) is 1.83. The van der Waals surface area contributed by atoms with Crippen LogP contribution in [0.25, 0.3) is 0 Å². The molecule has 0 aliphatic carbocycles. The fourth-order valence-electron chi connectivity index (χ4n) is 2.08. The molecular weight excluding hydrogens is 208 g/mol. The third kappa shape index (κ3) is 3.17. The van der Waals surface area contributed by atoms with Crippen LogP contribution in [-0.2, 0) is 14.3 Å². The topological polar surface area (TPSA) is 50.8 Å². The molecule has 0 radical (unpaired) electrons. The highest BCUT2D eigenvalue weighted by molar-refractivity contribution is 5.77. The first kappa shape index (κ1) is 11.8. The molecule has 2 rings (SSSR count). The lowest BCUT2D eigenvalue weighted by Crippen LogP contribution is -2.49. The fraction of sp³-hybridized carbons (Fsp3) is 0.909. The van der Waals surface area contributed by atoms with Crippen LogP contribution in [0.2, 0.25) is 0 Å². The van der Waals surface area contributed by atoms with Gasteiger partial charge in [-0.1, -0.05) is 0 Å². The van der Waals surface area contributed by atoms with Crippen molar-refractivity contribution in [3.8, 4) is 0 Å². The molecule has 1 amide bonds. The molecule has 2 aliphatic rings. The van der Waals surface area contributed by atoms with Gasteiger partial charge in [-0.3, -0.25) is 4.79 Å². The molecule has 5 heteroatoms. The van der Waals surface area contributed by atoms with Crippen LogP contribution in [-0.4, -0.2) is 62.9 Å². The van der Waals surface area contributed by atoms with Gasteiger partial charge in [-0.05, 0) is 12.8 Å². The second-order valence-corrected chi connectivity index (χ2v) is 4.50. The summed E-state index contributed by atoms with van der Waals surface area (Å²) < 4.78 is 10.8. The van der Waals surface area contributed by atoms with Crippen molar-refractivity contribution in [1.29, 1.82) is 0 Å². The summed E-state index contributed by atoms with van der Waals surface area (Å²) in [5.74, 6) is 0.0716. The minimum Gasteiger partial charge on any atom is -0.381 e. The van der Waals surface area contributed by atoms with E-state index in [0.29, 0.717) is 12.6 Å². The van der Waals surface area contributed by atoms with Crippen molar-refractivity contribution in [3.63, 3.8) is 0 Å². The minimum absolute atomic E-state index is 0.0716. The molecule has 5 nitrogen and oxygen atoms in total. The van der Waals surface area contributed by atoms with Gasteiger partial charge in [0, 0.05) is 39.4 Å². The van der Waals surface area contributed by atoms with Crippen molar-refractivity contribution >= 4 is 5.91 Å². The zero-order chi connectivity index (χ0) is 11.4. The van der Waals surface area contributed by atoms with E-state index in [1.54, 1.807) is 4.90 Å². The van der Waals surface area contributed by atoms with Crippen LogP contribution in [0.15, 0.2) is 0 Å². The molecule has 1 N–H and O–H groups in total. The molecule has 2 fully saturated rings. The normalized spacial score (nSPS) is 28.4. The molecule has 0 aromatic carbocycles. The Bertz CT molecular complexity index is 241. The number of carbonyl (C=O) groups is 1. The van der Waals surface area contributed by atoms with Crippen molar-refractivity contribution in [1.82, 2.24) is 10.2 Å². The molecule has 0 aromatic heterocycles. The first-order valence-electron chi connectivity index (χ1n) is 5.92. The Morgan fingerprint density at radius 2 is 2.19 bits per heavy atom. The highest BCUT2D eigenvalue weighted by atomic mass is 16.5. The van der Waals surface area contributed by atoms with Crippen LogP contribution >= 0.6 is 0 Å². The average molecular weight is 228 g/mol. The molecule has 0 aromatic rings.